The van der Waals surface area contributed by atoms with Crippen LogP contribution in [-0.2, 0) is 25.3 Å². The highest BCUT2D eigenvalue weighted by Gasteiger charge is 2.32. The van der Waals surface area contributed by atoms with Crippen molar-refractivity contribution < 1.29 is 23.2 Å². The van der Waals surface area contributed by atoms with Crippen LogP contribution in [0.4, 0.5) is 0 Å². The van der Waals surface area contributed by atoms with E-state index >= 15 is 0 Å². The first-order chi connectivity index (χ1) is 12.9. The van der Waals surface area contributed by atoms with E-state index in [2.05, 4.69) is 5.48 Å². The monoisotopic (exact) mass is 411 g/mol. The molecular formula is C19H23ClNO5P. The second-order valence-electron chi connectivity index (χ2n) is 6.32. The molecule has 0 saturated carbocycles. The normalized spacial score (nSPS) is 14.4. The Morgan fingerprint density at radius 2 is 1.67 bits per heavy atom. The molecule has 146 valence electrons. The number of benzene rings is 2. The molecule has 0 spiro atoms. The van der Waals surface area contributed by atoms with Gasteiger partial charge in [-0.1, -0.05) is 62.4 Å². The molecular weight excluding hydrogens is 389 g/mol. The minimum absolute atomic E-state index is 0.167. The molecule has 0 fully saturated rings. The Kier molecular flexibility index (Phi) is 8.32. The molecule has 0 aliphatic heterocycles. The Bertz CT molecular complexity index is 757. The number of carbonyl (C=O) groups excluding carboxylic acids is 1. The summed E-state index contributed by atoms with van der Waals surface area (Å²) in [6.45, 7) is 0.0235. The number of para-hydroxylation sites is 1. The number of nitrogens with one attached hydrogen (secondary N) is 1. The van der Waals surface area contributed by atoms with Crippen molar-refractivity contribution in [3.8, 4) is 5.75 Å². The van der Waals surface area contributed by atoms with Gasteiger partial charge in [0.2, 0.25) is 0 Å². The van der Waals surface area contributed by atoms with Crippen molar-refractivity contribution in [3.63, 3.8) is 0 Å². The van der Waals surface area contributed by atoms with Crippen molar-refractivity contribution >= 4 is 24.2 Å². The minimum Gasteiger partial charge on any atom is -0.405 e. The van der Waals surface area contributed by atoms with Crippen LogP contribution < -0.4 is 10.0 Å². The van der Waals surface area contributed by atoms with Crippen LogP contribution in [0.3, 0.4) is 0 Å². The van der Waals surface area contributed by atoms with Gasteiger partial charge in [0.05, 0.1) is 6.61 Å². The van der Waals surface area contributed by atoms with Gasteiger partial charge in [0.15, 0.2) is 0 Å². The maximum absolute atomic E-state index is 12.4. The lowest BCUT2D eigenvalue weighted by atomic mass is 10.1. The molecule has 0 aliphatic rings. The summed E-state index contributed by atoms with van der Waals surface area (Å²) in [5.74, 6) is -0.386. The predicted octanol–water partition coefficient (Wildman–Crippen LogP) is 5.09. The largest absolute Gasteiger partial charge is 0.532 e. The first-order valence-electron chi connectivity index (χ1n) is 8.55. The molecule has 6 nitrogen and oxygen atoms in total. The average molecular weight is 412 g/mol. The fraction of sp³-hybridized carbons (Fsp3) is 0.316. The van der Waals surface area contributed by atoms with E-state index in [1.807, 2.05) is 44.2 Å². The second-order valence-corrected chi connectivity index (χ2v) is 8.79. The van der Waals surface area contributed by atoms with Gasteiger partial charge in [-0.2, -0.15) is 5.48 Å². The van der Waals surface area contributed by atoms with Gasteiger partial charge >= 0.3 is 12.9 Å². The number of hydrogen-bond donors (Lipinski definition) is 1. The molecule has 27 heavy (non-hydrogen) atoms. The van der Waals surface area contributed by atoms with Gasteiger partial charge in [-0.3, -0.25) is 4.84 Å². The zero-order valence-electron chi connectivity index (χ0n) is 15.2. The molecule has 2 aromatic carbocycles. The van der Waals surface area contributed by atoms with Crippen molar-refractivity contribution in [1.29, 1.82) is 0 Å². The molecule has 0 amide bonds. The minimum atomic E-state index is -4.13. The molecule has 8 heteroatoms. The quantitative estimate of drug-likeness (QED) is 0.433. The van der Waals surface area contributed by atoms with Crippen molar-refractivity contribution in [2.75, 3.05) is 0 Å². The van der Waals surface area contributed by atoms with Gasteiger partial charge in [-0.05, 0) is 30.0 Å². The number of hydroxylamine groups is 1. The molecule has 2 rings (SSSR count). The summed E-state index contributed by atoms with van der Waals surface area (Å²) >= 11 is 5.80. The summed E-state index contributed by atoms with van der Waals surface area (Å²) in [5.41, 5.74) is 3.62. The first-order valence-corrected chi connectivity index (χ1v) is 11.0. The van der Waals surface area contributed by atoms with Crippen LogP contribution in [-0.4, -0.2) is 12.0 Å². The first kappa shape index (κ1) is 21.5. The van der Waals surface area contributed by atoms with Gasteiger partial charge < -0.3 is 9.05 Å². The molecule has 0 aromatic heterocycles. The fourth-order valence-electron chi connectivity index (χ4n) is 2.26. The lowest BCUT2D eigenvalue weighted by molar-refractivity contribution is -0.142. The lowest BCUT2D eigenvalue weighted by Crippen LogP contribution is -2.38. The van der Waals surface area contributed by atoms with Crippen molar-refractivity contribution in [1.82, 2.24) is 5.48 Å². The molecule has 1 unspecified atom stereocenters. The molecule has 0 bridgehead atoms. The van der Waals surface area contributed by atoms with Gasteiger partial charge in [0.1, 0.15) is 11.8 Å². The smallest absolute Gasteiger partial charge is 0.405 e. The second kappa shape index (κ2) is 10.5. The number of hydrogen-bond acceptors (Lipinski definition) is 6. The number of carbonyl (C=O) groups is 1. The SMILES string of the molecule is CC(C)C[C@H](NOCc1ccccc1)C(=O)OP(=O)(Cl)Oc1ccccc1. The Balaban J connectivity index is 1.93. The van der Waals surface area contributed by atoms with Crippen LogP contribution in [0.2, 0.25) is 0 Å². The highest BCUT2D eigenvalue weighted by atomic mass is 35.7. The van der Waals surface area contributed by atoms with E-state index in [9.17, 15) is 9.36 Å². The maximum Gasteiger partial charge on any atom is 0.532 e. The highest BCUT2D eigenvalue weighted by molar-refractivity contribution is 7.82. The molecule has 0 radical (unpaired) electrons. The third-order valence-corrected chi connectivity index (χ3v) is 4.70. The van der Waals surface area contributed by atoms with E-state index in [1.54, 1.807) is 30.3 Å². The molecule has 0 heterocycles. The van der Waals surface area contributed by atoms with Gasteiger partial charge in [0, 0.05) is 11.2 Å². The van der Waals surface area contributed by atoms with Crippen LogP contribution in [0.1, 0.15) is 25.8 Å². The molecule has 0 aliphatic carbocycles. The summed E-state index contributed by atoms with van der Waals surface area (Å²) in [6, 6.07) is 16.9. The molecule has 2 atom stereocenters. The van der Waals surface area contributed by atoms with E-state index in [0.29, 0.717) is 6.42 Å². The van der Waals surface area contributed by atoms with Crippen LogP contribution >= 0.6 is 18.2 Å². The fourth-order valence-corrected chi connectivity index (χ4v) is 3.46. The number of rotatable bonds is 10. The van der Waals surface area contributed by atoms with E-state index in [-0.39, 0.29) is 18.3 Å². The van der Waals surface area contributed by atoms with Crippen molar-refractivity contribution in [2.24, 2.45) is 5.92 Å². The van der Waals surface area contributed by atoms with E-state index in [4.69, 9.17) is 25.1 Å². The third kappa shape index (κ3) is 8.14. The van der Waals surface area contributed by atoms with Crippen molar-refractivity contribution in [3.05, 3.63) is 66.2 Å². The zero-order valence-corrected chi connectivity index (χ0v) is 16.9. The number of halogens is 1. The van der Waals surface area contributed by atoms with E-state index < -0.39 is 19.0 Å². The standard InChI is InChI=1S/C19H23ClNO5P/c1-15(2)13-18(21-24-14-16-9-5-3-6-10-16)19(22)26-27(20,23)25-17-11-7-4-8-12-17/h3-12,15,18,21H,13-14H2,1-2H3/t18-,27?/m0/s1. The van der Waals surface area contributed by atoms with Gasteiger partial charge in [-0.25, -0.2) is 9.36 Å². The van der Waals surface area contributed by atoms with Crippen molar-refractivity contribution in [2.45, 2.75) is 32.9 Å². The summed E-state index contributed by atoms with van der Waals surface area (Å²) < 4.78 is 22.3. The zero-order chi connectivity index (χ0) is 19.7. The highest BCUT2D eigenvalue weighted by Crippen LogP contribution is 2.53. The molecule has 0 saturated heterocycles. The van der Waals surface area contributed by atoms with Gasteiger partial charge in [0.25, 0.3) is 0 Å². The Labute approximate surface area is 164 Å². The summed E-state index contributed by atoms with van der Waals surface area (Å²) in [7, 11) is 0. The van der Waals surface area contributed by atoms with Gasteiger partial charge in [-0.15, -0.1) is 0 Å². The predicted molar refractivity (Wildman–Crippen MR) is 104 cm³/mol. The lowest BCUT2D eigenvalue weighted by Gasteiger charge is -2.20. The van der Waals surface area contributed by atoms with Crippen LogP contribution in [0.5, 0.6) is 5.75 Å². The van der Waals surface area contributed by atoms with Crippen LogP contribution in [0.25, 0.3) is 0 Å². The van der Waals surface area contributed by atoms with E-state index in [1.165, 1.54) is 0 Å². The Morgan fingerprint density at radius 1 is 1.07 bits per heavy atom. The Hall–Kier alpha value is -1.85. The summed E-state index contributed by atoms with van der Waals surface area (Å²) in [6.07, 6.45) is 0.413. The molecule has 1 N–H and O–H groups in total. The Morgan fingerprint density at radius 3 is 2.26 bits per heavy atom. The third-order valence-electron chi connectivity index (χ3n) is 3.46. The van der Waals surface area contributed by atoms with Crippen LogP contribution in [0, 0.1) is 5.92 Å². The summed E-state index contributed by atoms with van der Waals surface area (Å²) in [4.78, 5) is 17.8. The van der Waals surface area contributed by atoms with Crippen LogP contribution in [0.15, 0.2) is 60.7 Å². The average Bonchev–Trinajstić information content (AvgIpc) is 2.61. The maximum atomic E-state index is 12.4. The summed E-state index contributed by atoms with van der Waals surface area (Å²) in [5, 5.41) is 0. The van der Waals surface area contributed by atoms with E-state index in [0.717, 1.165) is 5.56 Å². The molecule has 2 aromatic rings. The topological polar surface area (TPSA) is 73.9 Å².